The van der Waals surface area contributed by atoms with Gasteiger partial charge in [0.2, 0.25) is 0 Å². The van der Waals surface area contributed by atoms with Crippen molar-refractivity contribution in [3.05, 3.63) is 35.0 Å². The van der Waals surface area contributed by atoms with Crippen LogP contribution in [-0.4, -0.2) is 25.1 Å². The second kappa shape index (κ2) is 6.55. The molecule has 0 aliphatic rings. The number of aromatic nitrogens is 1. The molecule has 1 aromatic rings. The fourth-order valence-electron chi connectivity index (χ4n) is 2.11. The van der Waals surface area contributed by atoms with Crippen LogP contribution in [0.3, 0.4) is 0 Å². The van der Waals surface area contributed by atoms with Crippen LogP contribution in [0.25, 0.3) is 0 Å². The summed E-state index contributed by atoms with van der Waals surface area (Å²) in [5.74, 6) is 1.07. The predicted octanol–water partition coefficient (Wildman–Crippen LogP) is 2.82. The van der Waals surface area contributed by atoms with Crippen LogP contribution >= 0.6 is 0 Å². The van der Waals surface area contributed by atoms with Crippen molar-refractivity contribution < 1.29 is 0 Å². The van der Waals surface area contributed by atoms with E-state index in [0.717, 1.165) is 36.7 Å². The molecule has 100 valence electrons. The van der Waals surface area contributed by atoms with E-state index in [1.165, 1.54) is 11.1 Å². The topological polar surface area (TPSA) is 28.2 Å². The number of nitrogens with one attached hydrogen (secondary N) is 1. The Balaban J connectivity index is 3.09. The number of anilines is 1. The molecule has 3 nitrogen and oxygen atoms in total. The average Bonchev–Trinajstić information content (AvgIpc) is 2.26. The Morgan fingerprint density at radius 1 is 1.44 bits per heavy atom. The van der Waals surface area contributed by atoms with Gasteiger partial charge in [0.25, 0.3) is 0 Å². The number of rotatable bonds is 6. The number of hydrogen-bond acceptors (Lipinski definition) is 3. The molecule has 0 unspecified atom stereocenters. The van der Waals surface area contributed by atoms with Gasteiger partial charge in [0.1, 0.15) is 5.82 Å². The first-order valence-electron chi connectivity index (χ1n) is 6.49. The van der Waals surface area contributed by atoms with E-state index < -0.39 is 0 Å². The number of pyridine rings is 1. The van der Waals surface area contributed by atoms with E-state index in [2.05, 4.69) is 48.7 Å². The first kappa shape index (κ1) is 14.7. The quantitative estimate of drug-likeness (QED) is 0.784. The molecular weight excluding hydrogens is 222 g/mol. The molecule has 1 aromatic heterocycles. The molecule has 0 saturated heterocycles. The Labute approximate surface area is 111 Å². The van der Waals surface area contributed by atoms with Gasteiger partial charge in [-0.25, -0.2) is 4.98 Å². The molecule has 1 rings (SSSR count). The average molecular weight is 247 g/mol. The third-order valence-corrected chi connectivity index (χ3v) is 2.87. The molecule has 0 saturated carbocycles. The van der Waals surface area contributed by atoms with Crippen molar-refractivity contribution in [2.24, 2.45) is 0 Å². The first-order chi connectivity index (χ1) is 8.45. The van der Waals surface area contributed by atoms with Gasteiger partial charge in [-0.2, -0.15) is 0 Å². The van der Waals surface area contributed by atoms with Gasteiger partial charge in [-0.3, -0.25) is 0 Å². The van der Waals surface area contributed by atoms with Crippen molar-refractivity contribution >= 4 is 5.82 Å². The molecule has 0 amide bonds. The van der Waals surface area contributed by atoms with Gasteiger partial charge in [-0.15, -0.1) is 0 Å². The van der Waals surface area contributed by atoms with Crippen molar-refractivity contribution in [2.75, 3.05) is 25.0 Å². The third kappa shape index (κ3) is 3.84. The van der Waals surface area contributed by atoms with E-state index in [0.29, 0.717) is 0 Å². The summed E-state index contributed by atoms with van der Waals surface area (Å²) in [6, 6.07) is 2.14. The molecule has 0 aromatic carbocycles. The monoisotopic (exact) mass is 247 g/mol. The number of likely N-dealkylation sites (N-methyl/N-ethyl adjacent to an activating group) is 1. The second-order valence-corrected chi connectivity index (χ2v) is 4.98. The molecule has 0 radical (unpaired) electrons. The van der Waals surface area contributed by atoms with Crippen molar-refractivity contribution in [3.63, 3.8) is 0 Å². The lowest BCUT2D eigenvalue weighted by Gasteiger charge is -2.23. The molecule has 0 aliphatic heterocycles. The van der Waals surface area contributed by atoms with Crippen molar-refractivity contribution in [1.29, 1.82) is 0 Å². The van der Waals surface area contributed by atoms with Crippen molar-refractivity contribution in [3.8, 4) is 0 Å². The lowest BCUT2D eigenvalue weighted by Crippen LogP contribution is -2.24. The fourth-order valence-corrected chi connectivity index (χ4v) is 2.11. The summed E-state index contributed by atoms with van der Waals surface area (Å²) < 4.78 is 0. The highest BCUT2D eigenvalue weighted by Gasteiger charge is 2.12. The highest BCUT2D eigenvalue weighted by atomic mass is 15.2. The molecule has 0 bridgehead atoms. The summed E-state index contributed by atoms with van der Waals surface area (Å²) in [6.45, 7) is 15.0. The number of hydrogen-bond donors (Lipinski definition) is 1. The minimum Gasteiger partial charge on any atom is -0.355 e. The Kier molecular flexibility index (Phi) is 5.35. The summed E-state index contributed by atoms with van der Waals surface area (Å²) in [5.41, 5.74) is 4.79. The summed E-state index contributed by atoms with van der Waals surface area (Å²) in [7, 11) is 2.07. The second-order valence-electron chi connectivity index (χ2n) is 4.98. The van der Waals surface area contributed by atoms with E-state index in [-0.39, 0.29) is 0 Å². The summed E-state index contributed by atoms with van der Waals surface area (Å²) in [6.07, 6.45) is 0. The van der Waals surface area contributed by atoms with Gasteiger partial charge in [0.15, 0.2) is 0 Å². The third-order valence-electron chi connectivity index (χ3n) is 2.87. The Morgan fingerprint density at radius 3 is 2.67 bits per heavy atom. The SMILES string of the molecule is C=C(C)CN(C)c1nc(C)cc(C)c1CNCC. The lowest BCUT2D eigenvalue weighted by molar-refractivity contribution is 0.716. The summed E-state index contributed by atoms with van der Waals surface area (Å²) in [4.78, 5) is 6.86. The zero-order valence-corrected chi connectivity index (χ0v) is 12.3. The number of aryl methyl sites for hydroxylation is 2. The fraction of sp³-hybridized carbons (Fsp3) is 0.533. The van der Waals surface area contributed by atoms with Gasteiger partial charge in [-0.1, -0.05) is 19.1 Å². The molecule has 3 heteroatoms. The zero-order chi connectivity index (χ0) is 13.7. The van der Waals surface area contributed by atoms with Crippen molar-refractivity contribution in [1.82, 2.24) is 10.3 Å². The van der Waals surface area contributed by atoms with Crippen LogP contribution in [0.4, 0.5) is 5.82 Å². The van der Waals surface area contributed by atoms with Gasteiger partial charge >= 0.3 is 0 Å². The predicted molar refractivity (Wildman–Crippen MR) is 79.2 cm³/mol. The van der Waals surface area contributed by atoms with Crippen LogP contribution < -0.4 is 10.2 Å². The largest absolute Gasteiger partial charge is 0.355 e. The van der Waals surface area contributed by atoms with Crippen LogP contribution in [0, 0.1) is 13.8 Å². The maximum absolute atomic E-state index is 4.68. The normalized spacial score (nSPS) is 10.5. The van der Waals surface area contributed by atoms with Gasteiger partial charge in [-0.05, 0) is 38.9 Å². The smallest absolute Gasteiger partial charge is 0.133 e. The molecule has 0 fully saturated rings. The lowest BCUT2D eigenvalue weighted by atomic mass is 10.1. The zero-order valence-electron chi connectivity index (χ0n) is 12.3. The van der Waals surface area contributed by atoms with Crippen LogP contribution in [0.5, 0.6) is 0 Å². The number of nitrogens with zero attached hydrogens (tertiary/aromatic N) is 2. The minimum absolute atomic E-state index is 0.842. The molecule has 18 heavy (non-hydrogen) atoms. The van der Waals surface area contributed by atoms with E-state index in [9.17, 15) is 0 Å². The van der Waals surface area contributed by atoms with Crippen LogP contribution in [0.1, 0.15) is 30.7 Å². The van der Waals surface area contributed by atoms with E-state index in [1.54, 1.807) is 0 Å². The van der Waals surface area contributed by atoms with Crippen LogP contribution in [-0.2, 0) is 6.54 Å². The molecule has 1 N–H and O–H groups in total. The molecule has 0 aliphatic carbocycles. The highest BCUT2D eigenvalue weighted by Crippen LogP contribution is 2.22. The maximum atomic E-state index is 4.68. The molecule has 1 heterocycles. The maximum Gasteiger partial charge on any atom is 0.133 e. The Bertz CT molecular complexity index is 424. The molecule has 0 spiro atoms. The Morgan fingerprint density at radius 2 is 2.11 bits per heavy atom. The molecular formula is C15H25N3. The van der Waals surface area contributed by atoms with Crippen molar-refractivity contribution in [2.45, 2.75) is 34.2 Å². The van der Waals surface area contributed by atoms with Crippen LogP contribution in [0.2, 0.25) is 0 Å². The first-order valence-corrected chi connectivity index (χ1v) is 6.49. The Hall–Kier alpha value is -1.35. The standard InChI is InChI=1S/C15H25N3/c1-7-16-9-14-12(4)8-13(5)17-15(14)18(6)10-11(2)3/h8,16H,2,7,9-10H2,1,3-6H3. The van der Waals surface area contributed by atoms with Gasteiger partial charge in [0.05, 0.1) is 0 Å². The minimum atomic E-state index is 0.842. The summed E-state index contributed by atoms with van der Waals surface area (Å²) in [5, 5.41) is 3.38. The van der Waals surface area contributed by atoms with E-state index >= 15 is 0 Å². The van der Waals surface area contributed by atoms with E-state index in [4.69, 9.17) is 0 Å². The highest BCUT2D eigenvalue weighted by molar-refractivity contribution is 5.51. The summed E-state index contributed by atoms with van der Waals surface area (Å²) >= 11 is 0. The van der Waals surface area contributed by atoms with Gasteiger partial charge < -0.3 is 10.2 Å². The molecule has 0 atom stereocenters. The van der Waals surface area contributed by atoms with E-state index in [1.807, 2.05) is 13.8 Å². The van der Waals surface area contributed by atoms with Crippen LogP contribution in [0.15, 0.2) is 18.2 Å². The van der Waals surface area contributed by atoms with Gasteiger partial charge in [0, 0.05) is 31.4 Å².